The Morgan fingerprint density at radius 2 is 2.29 bits per heavy atom. The minimum absolute atomic E-state index is 0.399. The van der Waals surface area contributed by atoms with E-state index in [0.717, 1.165) is 28.1 Å². The van der Waals surface area contributed by atoms with Gasteiger partial charge in [-0.25, -0.2) is 4.98 Å². The van der Waals surface area contributed by atoms with Gasteiger partial charge in [0, 0.05) is 10.0 Å². The molecule has 1 aromatic heterocycles. The van der Waals surface area contributed by atoms with Gasteiger partial charge in [0.1, 0.15) is 5.82 Å². The molecule has 2 aromatic rings. The summed E-state index contributed by atoms with van der Waals surface area (Å²) in [7, 11) is 0. The van der Waals surface area contributed by atoms with Crippen LogP contribution in [0.25, 0.3) is 11.3 Å². The summed E-state index contributed by atoms with van der Waals surface area (Å²) < 4.78 is 1.09. The zero-order valence-corrected chi connectivity index (χ0v) is 11.0. The smallest absolute Gasteiger partial charge is 0.123 e. The molecule has 1 aliphatic rings. The number of nitrogens with one attached hydrogen (secondary N) is 2. The van der Waals surface area contributed by atoms with E-state index < -0.39 is 0 Å². The van der Waals surface area contributed by atoms with Crippen molar-refractivity contribution in [1.29, 1.82) is 0 Å². The van der Waals surface area contributed by atoms with Crippen LogP contribution in [0.15, 0.2) is 34.9 Å². The van der Waals surface area contributed by atoms with Crippen molar-refractivity contribution in [2.45, 2.75) is 18.9 Å². The van der Waals surface area contributed by atoms with Crippen molar-refractivity contribution in [1.82, 2.24) is 15.3 Å². The molecule has 3 nitrogen and oxygen atoms in total. The molecular weight excluding hydrogens is 278 g/mol. The van der Waals surface area contributed by atoms with E-state index >= 15 is 0 Å². The van der Waals surface area contributed by atoms with Crippen molar-refractivity contribution >= 4 is 15.9 Å². The first-order valence-electron chi connectivity index (χ1n) is 5.87. The lowest BCUT2D eigenvalue weighted by atomic mass is 10.2. The van der Waals surface area contributed by atoms with E-state index in [1.54, 1.807) is 0 Å². The first-order valence-corrected chi connectivity index (χ1v) is 6.66. The molecule has 0 spiro atoms. The quantitative estimate of drug-likeness (QED) is 0.892. The van der Waals surface area contributed by atoms with Crippen LogP contribution >= 0.6 is 15.9 Å². The first-order chi connectivity index (χ1) is 8.33. The highest BCUT2D eigenvalue weighted by molar-refractivity contribution is 9.10. The van der Waals surface area contributed by atoms with Gasteiger partial charge in [-0.3, -0.25) is 0 Å². The number of H-pyrrole nitrogens is 1. The highest BCUT2D eigenvalue weighted by Crippen LogP contribution is 2.25. The van der Waals surface area contributed by atoms with Gasteiger partial charge < -0.3 is 10.3 Å². The number of benzene rings is 1. The molecule has 0 amide bonds. The normalized spacial score (nSPS) is 19.7. The van der Waals surface area contributed by atoms with E-state index in [-0.39, 0.29) is 0 Å². The number of halogens is 1. The Balaban J connectivity index is 1.89. The second-order valence-electron chi connectivity index (χ2n) is 4.34. The van der Waals surface area contributed by atoms with Gasteiger partial charge in [-0.05, 0) is 31.5 Å². The van der Waals surface area contributed by atoms with E-state index in [1.807, 2.05) is 18.3 Å². The SMILES string of the molecule is Brc1cccc(-c2cnc([C@@H]3CCCN3)[nH]2)c1. The fourth-order valence-electron chi connectivity index (χ4n) is 2.23. The Labute approximate surface area is 109 Å². The van der Waals surface area contributed by atoms with E-state index in [4.69, 9.17) is 0 Å². The lowest BCUT2D eigenvalue weighted by Crippen LogP contribution is -2.14. The van der Waals surface area contributed by atoms with Gasteiger partial charge in [0.15, 0.2) is 0 Å². The van der Waals surface area contributed by atoms with Crippen LogP contribution in [0.5, 0.6) is 0 Å². The number of imidazole rings is 1. The second-order valence-corrected chi connectivity index (χ2v) is 5.26. The maximum atomic E-state index is 4.47. The molecule has 0 bridgehead atoms. The van der Waals surface area contributed by atoms with E-state index in [1.165, 1.54) is 12.8 Å². The second kappa shape index (κ2) is 4.63. The van der Waals surface area contributed by atoms with Crippen LogP contribution in [-0.4, -0.2) is 16.5 Å². The minimum Gasteiger partial charge on any atom is -0.341 e. The molecule has 1 saturated heterocycles. The molecule has 2 heterocycles. The summed E-state index contributed by atoms with van der Waals surface area (Å²) in [5.74, 6) is 1.05. The maximum Gasteiger partial charge on any atom is 0.123 e. The summed E-state index contributed by atoms with van der Waals surface area (Å²) >= 11 is 3.49. The molecule has 0 unspecified atom stereocenters. The summed E-state index contributed by atoms with van der Waals surface area (Å²) in [5, 5.41) is 3.45. The topological polar surface area (TPSA) is 40.7 Å². The van der Waals surface area contributed by atoms with Crippen molar-refractivity contribution in [3.8, 4) is 11.3 Å². The highest BCUT2D eigenvalue weighted by atomic mass is 79.9. The molecule has 0 saturated carbocycles. The third-order valence-electron chi connectivity index (χ3n) is 3.12. The van der Waals surface area contributed by atoms with Crippen molar-refractivity contribution < 1.29 is 0 Å². The van der Waals surface area contributed by atoms with Crippen LogP contribution in [0.2, 0.25) is 0 Å². The third-order valence-corrected chi connectivity index (χ3v) is 3.61. The Hall–Kier alpha value is -1.13. The van der Waals surface area contributed by atoms with Crippen molar-refractivity contribution in [3.63, 3.8) is 0 Å². The lowest BCUT2D eigenvalue weighted by molar-refractivity contribution is 0.613. The zero-order valence-electron chi connectivity index (χ0n) is 9.41. The van der Waals surface area contributed by atoms with Gasteiger partial charge >= 0.3 is 0 Å². The van der Waals surface area contributed by atoms with Crippen LogP contribution in [0, 0.1) is 0 Å². The highest BCUT2D eigenvalue weighted by Gasteiger charge is 2.19. The standard InChI is InChI=1S/C13H14BrN3/c14-10-4-1-3-9(7-10)12-8-16-13(17-12)11-5-2-6-15-11/h1,3-4,7-8,11,15H,2,5-6H2,(H,16,17)/t11-/m0/s1. The van der Waals surface area contributed by atoms with Gasteiger partial charge in [0.25, 0.3) is 0 Å². The number of nitrogens with zero attached hydrogens (tertiary/aromatic N) is 1. The number of aromatic amines is 1. The molecule has 1 aliphatic heterocycles. The summed E-state index contributed by atoms with van der Waals surface area (Å²) in [6.45, 7) is 1.09. The molecule has 0 aliphatic carbocycles. The Bertz CT molecular complexity index is 515. The monoisotopic (exact) mass is 291 g/mol. The largest absolute Gasteiger partial charge is 0.341 e. The number of rotatable bonds is 2. The van der Waals surface area contributed by atoms with Crippen LogP contribution in [0.3, 0.4) is 0 Å². The molecule has 17 heavy (non-hydrogen) atoms. The summed E-state index contributed by atoms with van der Waals surface area (Å²) in [5.41, 5.74) is 2.24. The van der Waals surface area contributed by atoms with Crippen LogP contribution in [-0.2, 0) is 0 Å². The maximum absolute atomic E-state index is 4.47. The Morgan fingerprint density at radius 1 is 1.35 bits per heavy atom. The first kappa shape index (κ1) is 11.0. The average molecular weight is 292 g/mol. The summed E-state index contributed by atoms with van der Waals surface area (Å²) in [4.78, 5) is 7.88. The summed E-state index contributed by atoms with van der Waals surface area (Å²) in [6.07, 6.45) is 4.32. The van der Waals surface area contributed by atoms with Crippen LogP contribution in [0.1, 0.15) is 24.7 Å². The predicted molar refractivity (Wildman–Crippen MR) is 71.7 cm³/mol. The minimum atomic E-state index is 0.399. The van der Waals surface area contributed by atoms with Crippen molar-refractivity contribution in [2.75, 3.05) is 6.54 Å². The van der Waals surface area contributed by atoms with Crippen molar-refractivity contribution in [2.24, 2.45) is 0 Å². The molecule has 3 rings (SSSR count). The van der Waals surface area contributed by atoms with E-state index in [0.29, 0.717) is 6.04 Å². The van der Waals surface area contributed by atoms with Gasteiger partial charge in [-0.15, -0.1) is 0 Å². The fraction of sp³-hybridized carbons (Fsp3) is 0.308. The Morgan fingerprint density at radius 3 is 3.06 bits per heavy atom. The number of aromatic nitrogens is 2. The number of hydrogen-bond acceptors (Lipinski definition) is 2. The molecule has 4 heteroatoms. The molecule has 1 atom stereocenters. The molecule has 1 fully saturated rings. The lowest BCUT2D eigenvalue weighted by Gasteiger charge is -2.05. The van der Waals surface area contributed by atoms with Crippen LogP contribution in [0.4, 0.5) is 0 Å². The van der Waals surface area contributed by atoms with Crippen molar-refractivity contribution in [3.05, 3.63) is 40.8 Å². The molecule has 0 radical (unpaired) electrons. The third kappa shape index (κ3) is 2.28. The van der Waals surface area contributed by atoms with Crippen LogP contribution < -0.4 is 5.32 Å². The molecule has 2 N–H and O–H groups in total. The average Bonchev–Trinajstić information content (AvgIpc) is 3.00. The van der Waals surface area contributed by atoms with Gasteiger partial charge in [0.05, 0.1) is 17.9 Å². The molecular formula is C13H14BrN3. The Kier molecular flexibility index (Phi) is 2.99. The fourth-order valence-corrected chi connectivity index (χ4v) is 2.63. The molecule has 1 aromatic carbocycles. The zero-order chi connectivity index (χ0) is 11.7. The van der Waals surface area contributed by atoms with Gasteiger partial charge in [-0.1, -0.05) is 28.1 Å². The van der Waals surface area contributed by atoms with Gasteiger partial charge in [-0.2, -0.15) is 0 Å². The van der Waals surface area contributed by atoms with E-state index in [9.17, 15) is 0 Å². The van der Waals surface area contributed by atoms with E-state index in [2.05, 4.69) is 43.3 Å². The van der Waals surface area contributed by atoms with Gasteiger partial charge in [0.2, 0.25) is 0 Å². The number of hydrogen-bond donors (Lipinski definition) is 2. The predicted octanol–water partition coefficient (Wildman–Crippen LogP) is 3.26. The summed E-state index contributed by atoms with van der Waals surface area (Å²) in [6, 6.07) is 8.65. The molecule has 88 valence electrons.